The van der Waals surface area contributed by atoms with E-state index in [0.717, 1.165) is 37.7 Å². The molecule has 4 aliphatic rings. The van der Waals surface area contributed by atoms with E-state index in [-0.39, 0.29) is 49.4 Å². The number of hydrogen-bond donors (Lipinski definition) is 2. The number of methoxy groups -OCH3 is 3. The van der Waals surface area contributed by atoms with Gasteiger partial charge in [0.05, 0.1) is 24.9 Å². The molecular weight excluding hydrogens is 1090 g/mol. The summed E-state index contributed by atoms with van der Waals surface area (Å²) in [5.74, 6) is -8.31. The van der Waals surface area contributed by atoms with Crippen molar-refractivity contribution < 1.29 is 72.1 Å². The van der Waals surface area contributed by atoms with Crippen molar-refractivity contribution in [3.8, 4) is 0 Å². The zero-order chi connectivity index (χ0) is 63.2. The average Bonchev–Trinajstić information content (AvgIpc) is 1.46. The van der Waals surface area contributed by atoms with Crippen LogP contribution in [0.4, 0.5) is 4.79 Å². The molecule has 2 bridgehead atoms. The molecule has 4 rings (SSSR count). The highest BCUT2D eigenvalue weighted by Gasteiger charge is 2.53. The topological polar surface area (TPSA) is 211 Å². The van der Waals surface area contributed by atoms with E-state index in [4.69, 9.17) is 33.2 Å². The molecule has 2 saturated heterocycles. The molecule has 0 radical (unpaired) electrons. The first kappa shape index (κ1) is 74.1. The number of piperidine rings is 1. The number of nitrogens with zero attached hydrogens (tertiary/aromatic N) is 1. The minimum atomic E-state index is -2.46. The van der Waals surface area contributed by atoms with Gasteiger partial charge in [-0.3, -0.25) is 19.2 Å². The molecule has 488 valence electrons. The van der Waals surface area contributed by atoms with Crippen LogP contribution in [0.5, 0.6) is 0 Å². The fourth-order valence-electron chi connectivity index (χ4n) is 12.9. The highest BCUT2D eigenvalue weighted by atomic mass is 16.7. The maximum absolute atomic E-state index is 14.7. The number of hydrogen-bond acceptors (Lipinski definition) is 15. The normalized spacial score (nSPS) is 33.4. The number of allylic oxidation sites excluding steroid dienone is 8. The molecule has 16 heteroatoms. The molecule has 0 aromatic carbocycles. The lowest BCUT2D eigenvalue weighted by atomic mass is 9.78. The van der Waals surface area contributed by atoms with Crippen molar-refractivity contribution in [2.24, 2.45) is 35.5 Å². The summed E-state index contributed by atoms with van der Waals surface area (Å²) in [6.45, 7) is 15.3. The van der Waals surface area contributed by atoms with Crippen LogP contribution < -0.4 is 0 Å². The second kappa shape index (κ2) is 39.6. The van der Waals surface area contributed by atoms with Gasteiger partial charge in [-0.25, -0.2) is 9.59 Å². The van der Waals surface area contributed by atoms with E-state index in [2.05, 4.69) is 19.1 Å². The van der Waals surface area contributed by atoms with E-state index in [9.17, 15) is 39.0 Å². The number of fused-ring (bicyclic) bond motifs is 3. The van der Waals surface area contributed by atoms with E-state index in [1.165, 1.54) is 69.8 Å². The molecular formula is C70H113NO15. The predicted molar refractivity (Wildman–Crippen MR) is 335 cm³/mol. The first-order valence-electron chi connectivity index (χ1n) is 33.2. The van der Waals surface area contributed by atoms with Crippen molar-refractivity contribution in [1.29, 1.82) is 0 Å². The summed E-state index contributed by atoms with van der Waals surface area (Å²) in [7, 11) is 4.54. The Bertz CT molecular complexity index is 2240. The van der Waals surface area contributed by atoms with Gasteiger partial charge in [-0.1, -0.05) is 148 Å². The van der Waals surface area contributed by atoms with Gasteiger partial charge in [0.15, 0.2) is 5.78 Å². The molecule has 1 amide bonds. The fourth-order valence-corrected chi connectivity index (χ4v) is 12.9. The van der Waals surface area contributed by atoms with Crippen LogP contribution >= 0.6 is 0 Å². The number of ketones is 3. The second-order valence-corrected chi connectivity index (χ2v) is 25.7. The summed E-state index contributed by atoms with van der Waals surface area (Å²) in [6.07, 6.45) is 31.2. The standard InChI is InChI=1S/C70H113NO15/c1-12-13-14-15-16-17-18-19-20-21-22-23-24-25-26-32-41-83-69(78)85-59-39-37-55(45-62(59)81-10)44-51(5)61-47-58(72)50(4)43-53(7)64(74)65(82-11)63(73)52(6)42-48(2)33-28-27-29-34-49(3)60(80-9)46-56-38-36-54(8)70(79,86-56)66(75)67(76)71-40-31-30-35-57(71)68(77)84-61/h19-20,27-29,33-34,43,48,50-52,54-57,59-62,64-65,74,79H,12-18,21-26,30-32,35-42,44-47H2,1-11H3/b20-19-,29-27+,33-28+,49-34+,53-43+/t48-,50-,51-,52-,54-,55+,56+,57+,59-,60+,61+,62-,64-,65+,70-/m1/s1. The van der Waals surface area contributed by atoms with E-state index in [1.54, 1.807) is 41.1 Å². The monoisotopic (exact) mass is 1210 g/mol. The van der Waals surface area contributed by atoms with Crippen LogP contribution in [-0.4, -0.2) is 140 Å². The fraction of sp³-hybridized carbons (Fsp3) is 0.771. The largest absolute Gasteiger partial charge is 0.508 e. The number of carbonyl (C=O) groups is 6. The Morgan fingerprint density at radius 3 is 2.10 bits per heavy atom. The van der Waals surface area contributed by atoms with Gasteiger partial charge in [-0.2, -0.15) is 0 Å². The van der Waals surface area contributed by atoms with Crippen LogP contribution in [0, 0.1) is 35.5 Å². The Labute approximate surface area is 517 Å². The molecule has 2 N–H and O–H groups in total. The number of esters is 1. The Hall–Kier alpha value is -4.32. The average molecular weight is 1210 g/mol. The number of rotatable bonds is 23. The van der Waals surface area contributed by atoms with Gasteiger partial charge in [0, 0.05) is 58.5 Å². The highest BCUT2D eigenvalue weighted by Crippen LogP contribution is 2.38. The predicted octanol–water partition coefficient (Wildman–Crippen LogP) is 13.4. The summed E-state index contributed by atoms with van der Waals surface area (Å²) < 4.78 is 41.3. The van der Waals surface area contributed by atoms with Crippen molar-refractivity contribution in [3.63, 3.8) is 0 Å². The van der Waals surface area contributed by atoms with Gasteiger partial charge in [-0.15, -0.1) is 0 Å². The molecule has 0 aromatic heterocycles. The molecule has 15 atom stereocenters. The second-order valence-electron chi connectivity index (χ2n) is 25.7. The lowest BCUT2D eigenvalue weighted by Gasteiger charge is -2.42. The molecule has 3 aliphatic heterocycles. The molecule has 1 aliphatic carbocycles. The summed E-state index contributed by atoms with van der Waals surface area (Å²) in [5.41, 5.74) is 1.25. The Kier molecular flexibility index (Phi) is 34.2. The van der Waals surface area contributed by atoms with Gasteiger partial charge in [-0.05, 0) is 139 Å². The van der Waals surface area contributed by atoms with Gasteiger partial charge in [0.2, 0.25) is 5.79 Å². The third-order valence-corrected chi connectivity index (χ3v) is 18.6. The first-order valence-corrected chi connectivity index (χ1v) is 33.2. The van der Waals surface area contributed by atoms with Crippen molar-refractivity contribution in [2.75, 3.05) is 34.5 Å². The third-order valence-electron chi connectivity index (χ3n) is 18.6. The van der Waals surface area contributed by atoms with Crippen LogP contribution in [0.25, 0.3) is 0 Å². The maximum Gasteiger partial charge on any atom is 0.508 e. The van der Waals surface area contributed by atoms with Crippen LogP contribution in [-0.2, 0) is 57.1 Å². The zero-order valence-electron chi connectivity index (χ0n) is 54.6. The van der Waals surface area contributed by atoms with Crippen molar-refractivity contribution in [2.45, 2.75) is 277 Å². The summed E-state index contributed by atoms with van der Waals surface area (Å²) in [6, 6.07) is -1.18. The van der Waals surface area contributed by atoms with Crippen LogP contribution in [0.15, 0.2) is 59.8 Å². The number of amides is 1. The number of aliphatic hydroxyl groups is 2. The smallest absolute Gasteiger partial charge is 0.460 e. The van der Waals surface area contributed by atoms with Crippen molar-refractivity contribution >= 4 is 35.4 Å². The maximum atomic E-state index is 14.7. The minimum absolute atomic E-state index is 0.00270. The van der Waals surface area contributed by atoms with E-state index in [0.29, 0.717) is 69.8 Å². The van der Waals surface area contributed by atoms with Crippen molar-refractivity contribution in [1.82, 2.24) is 4.90 Å². The minimum Gasteiger partial charge on any atom is -0.460 e. The van der Waals surface area contributed by atoms with Crippen molar-refractivity contribution in [3.05, 3.63) is 59.8 Å². The number of carbonyl (C=O) groups excluding carboxylic acids is 6. The molecule has 0 aromatic rings. The van der Waals surface area contributed by atoms with E-state index >= 15 is 0 Å². The Morgan fingerprint density at radius 2 is 1.44 bits per heavy atom. The summed E-state index contributed by atoms with van der Waals surface area (Å²) in [4.78, 5) is 85.9. The molecule has 0 unspecified atom stereocenters. The molecule has 3 heterocycles. The summed E-state index contributed by atoms with van der Waals surface area (Å²) in [5, 5.41) is 23.7. The summed E-state index contributed by atoms with van der Waals surface area (Å²) >= 11 is 0. The number of unbranched alkanes of at least 4 members (excludes halogenated alkanes) is 12. The van der Waals surface area contributed by atoms with Gasteiger partial charge in [0.1, 0.15) is 36.2 Å². The third kappa shape index (κ3) is 24.2. The number of cyclic esters (lactones) is 1. The zero-order valence-corrected chi connectivity index (χ0v) is 54.6. The van der Waals surface area contributed by atoms with Crippen LogP contribution in [0.2, 0.25) is 0 Å². The first-order chi connectivity index (χ1) is 41.2. The SMILES string of the molecule is CCCCCCCC/C=C\CCCCCCCCOC(=O)O[C@@H]1CC[C@@H](C[C@@H](C)[C@@H]2CC(=O)[C@H](C)/C=C(\C)[C@@H](O)[C@@H](OC)C(=O)[C@H](C)C[C@H](C)/C=C/C=C/C=C(\C)[C@@H](OC)C[C@@H]3CC[C@@H](C)[C@@](O)(O3)C(=O)C(=O)N3CCCC[C@H]3C(=O)O2)C[C@H]1OC. The van der Waals surface area contributed by atoms with E-state index < -0.39 is 102 Å². The van der Waals surface area contributed by atoms with Crippen LogP contribution in [0.3, 0.4) is 0 Å². The Balaban J connectivity index is 1.47. The molecule has 1 saturated carbocycles. The number of Topliss-reactive ketones (excluding diaryl/α,β-unsaturated/α-hetero) is 3. The van der Waals surface area contributed by atoms with Gasteiger partial charge in [0.25, 0.3) is 11.7 Å². The molecule has 3 fully saturated rings. The van der Waals surface area contributed by atoms with E-state index in [1.807, 2.05) is 58.1 Å². The highest BCUT2D eigenvalue weighted by molar-refractivity contribution is 6.39. The van der Waals surface area contributed by atoms with Gasteiger partial charge >= 0.3 is 12.1 Å². The van der Waals surface area contributed by atoms with Crippen LogP contribution in [0.1, 0.15) is 222 Å². The van der Waals surface area contributed by atoms with Gasteiger partial charge < -0.3 is 48.3 Å². The molecule has 86 heavy (non-hydrogen) atoms. The quantitative estimate of drug-likeness (QED) is 0.0422. The number of aliphatic hydroxyl groups excluding tert-OH is 1. The molecule has 0 spiro atoms. The lowest BCUT2D eigenvalue weighted by molar-refractivity contribution is -0.265. The number of ether oxygens (including phenoxy) is 7. The Morgan fingerprint density at radius 1 is 0.767 bits per heavy atom. The molecule has 16 nitrogen and oxygen atoms in total. The lowest BCUT2D eigenvalue weighted by Crippen LogP contribution is -2.61.